The van der Waals surface area contributed by atoms with Crippen molar-refractivity contribution in [3.8, 4) is 22.8 Å². The summed E-state index contributed by atoms with van der Waals surface area (Å²) in [7, 11) is 0. The van der Waals surface area contributed by atoms with Crippen LogP contribution in [0, 0.1) is 25.5 Å². The van der Waals surface area contributed by atoms with Crippen LogP contribution in [0.1, 0.15) is 42.4 Å². The molecule has 0 aliphatic heterocycles. The summed E-state index contributed by atoms with van der Waals surface area (Å²) in [4.78, 5) is 26.7. The van der Waals surface area contributed by atoms with Gasteiger partial charge in [-0.3, -0.25) is 14.3 Å². The third-order valence-electron chi connectivity index (χ3n) is 5.45. The average molecular weight is 497 g/mol. The molecule has 0 saturated carbocycles. The highest BCUT2D eigenvalue weighted by Crippen LogP contribution is 2.27. The minimum absolute atomic E-state index is 0.108. The van der Waals surface area contributed by atoms with Crippen molar-refractivity contribution in [2.24, 2.45) is 0 Å². The summed E-state index contributed by atoms with van der Waals surface area (Å²) in [6, 6.07) is 8.25. The van der Waals surface area contributed by atoms with Crippen molar-refractivity contribution in [3.05, 3.63) is 98.4 Å². The number of rotatable bonds is 6. The Balaban J connectivity index is 1.69. The second-order valence-electron chi connectivity index (χ2n) is 8.44. The van der Waals surface area contributed by atoms with Crippen LogP contribution in [0.15, 0.2) is 53.6 Å². The molecule has 6 nitrogen and oxygen atoms in total. The lowest BCUT2D eigenvalue weighted by molar-refractivity contribution is 0.298. The molecule has 0 spiro atoms. The summed E-state index contributed by atoms with van der Waals surface area (Å²) in [5.74, 6) is -0.463. The van der Waals surface area contributed by atoms with E-state index in [-0.39, 0.29) is 28.9 Å². The van der Waals surface area contributed by atoms with Gasteiger partial charge >= 0.3 is 0 Å². The van der Waals surface area contributed by atoms with E-state index in [9.17, 15) is 13.6 Å². The Morgan fingerprint density at radius 3 is 2.57 bits per heavy atom. The molecule has 0 saturated heterocycles. The SMILES string of the molecule is Cc1cnc(C(C)C)nc1-c1cc(-n2c(C)cc(OCc3ccc(F)cc3F)c(Cl)c2=O)ccn1. The highest BCUT2D eigenvalue weighted by atomic mass is 35.5. The van der Waals surface area contributed by atoms with E-state index in [1.165, 1.54) is 10.6 Å². The van der Waals surface area contributed by atoms with Crippen LogP contribution >= 0.6 is 11.6 Å². The fourth-order valence-electron chi connectivity index (χ4n) is 3.58. The molecule has 0 amide bonds. The van der Waals surface area contributed by atoms with Gasteiger partial charge in [-0.05, 0) is 43.7 Å². The molecule has 4 aromatic rings. The highest BCUT2D eigenvalue weighted by Gasteiger charge is 2.17. The Hall–Kier alpha value is -3.65. The van der Waals surface area contributed by atoms with E-state index in [0.717, 1.165) is 17.7 Å². The summed E-state index contributed by atoms with van der Waals surface area (Å²) < 4.78 is 34.1. The van der Waals surface area contributed by atoms with Gasteiger partial charge in [-0.15, -0.1) is 0 Å². The molecule has 0 fully saturated rings. The van der Waals surface area contributed by atoms with Crippen LogP contribution < -0.4 is 10.3 Å². The van der Waals surface area contributed by atoms with Crippen molar-refractivity contribution in [3.63, 3.8) is 0 Å². The van der Waals surface area contributed by atoms with Gasteiger partial charge in [0.25, 0.3) is 5.56 Å². The molecular weight excluding hydrogens is 474 g/mol. The number of halogens is 3. The molecule has 3 heterocycles. The lowest BCUT2D eigenvalue weighted by atomic mass is 10.1. The van der Waals surface area contributed by atoms with Crippen molar-refractivity contribution in [2.75, 3.05) is 0 Å². The molecule has 9 heteroatoms. The first kappa shape index (κ1) is 24.5. The van der Waals surface area contributed by atoms with Gasteiger partial charge in [-0.2, -0.15) is 0 Å². The normalized spacial score (nSPS) is 11.2. The number of nitrogens with zero attached hydrogens (tertiary/aromatic N) is 4. The molecule has 0 atom stereocenters. The summed E-state index contributed by atoms with van der Waals surface area (Å²) in [6.45, 7) is 7.45. The number of hydrogen-bond donors (Lipinski definition) is 0. The van der Waals surface area contributed by atoms with E-state index in [1.807, 2.05) is 20.8 Å². The molecule has 35 heavy (non-hydrogen) atoms. The zero-order valence-electron chi connectivity index (χ0n) is 19.6. The van der Waals surface area contributed by atoms with E-state index >= 15 is 0 Å². The van der Waals surface area contributed by atoms with Gasteiger partial charge in [-0.25, -0.2) is 18.7 Å². The van der Waals surface area contributed by atoms with Crippen molar-refractivity contribution in [1.29, 1.82) is 0 Å². The van der Waals surface area contributed by atoms with E-state index in [4.69, 9.17) is 16.3 Å². The molecular formula is C26H23ClF2N4O2. The Morgan fingerprint density at radius 1 is 1.09 bits per heavy atom. The average Bonchev–Trinajstić information content (AvgIpc) is 2.82. The van der Waals surface area contributed by atoms with Crippen LogP contribution in [0.2, 0.25) is 5.02 Å². The number of aryl methyl sites for hydroxylation is 2. The van der Waals surface area contributed by atoms with Gasteiger partial charge in [0.1, 0.15) is 34.8 Å². The van der Waals surface area contributed by atoms with Gasteiger partial charge in [0.05, 0.1) is 17.1 Å². The minimum atomic E-state index is -0.740. The molecule has 0 bridgehead atoms. The van der Waals surface area contributed by atoms with E-state index in [1.54, 1.807) is 37.5 Å². The predicted molar refractivity (Wildman–Crippen MR) is 130 cm³/mol. The maximum absolute atomic E-state index is 13.9. The summed E-state index contributed by atoms with van der Waals surface area (Å²) in [5, 5.41) is -0.156. The first-order valence-electron chi connectivity index (χ1n) is 10.9. The number of hydrogen-bond acceptors (Lipinski definition) is 5. The predicted octanol–water partition coefficient (Wildman–Crippen LogP) is 5.94. The zero-order chi connectivity index (χ0) is 25.3. The Bertz CT molecular complexity index is 1470. The lowest BCUT2D eigenvalue weighted by Gasteiger charge is -2.15. The second kappa shape index (κ2) is 9.92. The quantitative estimate of drug-likeness (QED) is 0.330. The fourth-order valence-corrected chi connectivity index (χ4v) is 3.78. The zero-order valence-corrected chi connectivity index (χ0v) is 20.4. The van der Waals surface area contributed by atoms with E-state index in [2.05, 4.69) is 15.0 Å². The maximum Gasteiger partial charge on any atom is 0.277 e. The molecule has 4 rings (SSSR count). The lowest BCUT2D eigenvalue weighted by Crippen LogP contribution is -2.22. The second-order valence-corrected chi connectivity index (χ2v) is 8.82. The third kappa shape index (κ3) is 5.07. The largest absolute Gasteiger partial charge is 0.487 e. The molecule has 0 aliphatic rings. The molecule has 1 aromatic carbocycles. The van der Waals surface area contributed by atoms with Gasteiger partial charge in [0.15, 0.2) is 0 Å². The minimum Gasteiger partial charge on any atom is -0.487 e. The van der Waals surface area contributed by atoms with Crippen LogP contribution in [0.5, 0.6) is 5.75 Å². The number of benzene rings is 1. The smallest absolute Gasteiger partial charge is 0.277 e. The summed E-state index contributed by atoms with van der Waals surface area (Å²) in [6.07, 6.45) is 3.36. The summed E-state index contributed by atoms with van der Waals surface area (Å²) >= 11 is 6.34. The monoisotopic (exact) mass is 496 g/mol. The first-order valence-corrected chi connectivity index (χ1v) is 11.3. The topological polar surface area (TPSA) is 69.9 Å². The Labute approximate surface area is 206 Å². The maximum atomic E-state index is 13.9. The number of pyridine rings is 2. The van der Waals surface area contributed by atoms with Crippen molar-refractivity contribution >= 4 is 11.6 Å². The van der Waals surface area contributed by atoms with E-state index < -0.39 is 17.2 Å². The van der Waals surface area contributed by atoms with Crippen LogP contribution in [-0.2, 0) is 6.61 Å². The molecule has 0 aliphatic carbocycles. The molecule has 3 aromatic heterocycles. The Kier molecular flexibility index (Phi) is 6.93. The standard InChI is InChI=1S/C26H23ClF2N4O2/c1-14(2)25-31-12-15(3)24(32-25)21-11-19(7-8-30-21)33-16(4)9-22(23(27)26(33)34)35-13-17-5-6-18(28)10-20(17)29/h5-12,14H,13H2,1-4H3. The number of ether oxygens (including phenoxy) is 1. The highest BCUT2D eigenvalue weighted by molar-refractivity contribution is 6.31. The molecule has 0 radical (unpaired) electrons. The molecule has 0 N–H and O–H groups in total. The van der Waals surface area contributed by atoms with Crippen molar-refractivity contribution in [1.82, 2.24) is 19.5 Å². The molecule has 0 unspecified atom stereocenters. The van der Waals surface area contributed by atoms with Crippen molar-refractivity contribution < 1.29 is 13.5 Å². The molecule has 180 valence electrons. The Morgan fingerprint density at radius 2 is 1.86 bits per heavy atom. The van der Waals surface area contributed by atoms with Crippen molar-refractivity contribution in [2.45, 2.75) is 40.2 Å². The van der Waals surface area contributed by atoms with Gasteiger partial charge < -0.3 is 4.74 Å². The van der Waals surface area contributed by atoms with E-state index in [0.29, 0.717) is 28.6 Å². The number of aromatic nitrogens is 4. The summed E-state index contributed by atoms with van der Waals surface area (Å²) in [5.41, 5.74) is 2.89. The first-order chi connectivity index (χ1) is 16.7. The third-order valence-corrected chi connectivity index (χ3v) is 5.80. The van der Waals surface area contributed by atoms with Gasteiger partial charge in [0, 0.05) is 41.7 Å². The fraction of sp³-hybridized carbons (Fsp3) is 0.231. The van der Waals surface area contributed by atoms with Gasteiger partial charge in [-0.1, -0.05) is 25.4 Å². The van der Waals surface area contributed by atoms with Crippen LogP contribution in [0.3, 0.4) is 0 Å². The van der Waals surface area contributed by atoms with Crippen LogP contribution in [-0.4, -0.2) is 19.5 Å². The van der Waals surface area contributed by atoms with Crippen LogP contribution in [0.25, 0.3) is 17.1 Å². The van der Waals surface area contributed by atoms with Gasteiger partial charge in [0.2, 0.25) is 0 Å². The van der Waals surface area contributed by atoms with Crippen LogP contribution in [0.4, 0.5) is 8.78 Å².